The summed E-state index contributed by atoms with van der Waals surface area (Å²) in [6.07, 6.45) is 23.6. The summed E-state index contributed by atoms with van der Waals surface area (Å²) in [5.74, 6) is 0. The summed E-state index contributed by atoms with van der Waals surface area (Å²) >= 11 is 0. The molecule has 0 saturated carbocycles. The Bertz CT molecular complexity index is 735. The summed E-state index contributed by atoms with van der Waals surface area (Å²) in [6.45, 7) is 34.3. The van der Waals surface area contributed by atoms with Crippen LogP contribution in [-0.4, -0.2) is 206 Å². The van der Waals surface area contributed by atoms with E-state index in [1.54, 1.807) is 0 Å². The summed E-state index contributed by atoms with van der Waals surface area (Å²) in [5, 5.41) is 44.1. The molecule has 0 bridgehead atoms. The largest absolute Gasteiger partial charge is 0.317 e. The number of nitrogens with one attached hydrogen (secondary N) is 12. The van der Waals surface area contributed by atoms with Crippen molar-refractivity contribution < 1.29 is 0 Å². The highest BCUT2D eigenvalue weighted by Gasteiger charge is 2.09. The molecule has 2 rings (SSSR count). The summed E-state index contributed by atoms with van der Waals surface area (Å²) in [6, 6.07) is 0. The molecule has 0 unspecified atom stereocenters. The fraction of sp³-hybridized carbons (Fsp3) is 1.00. The van der Waals surface area contributed by atoms with E-state index < -0.39 is 0 Å². The van der Waals surface area contributed by atoms with E-state index in [2.05, 4.69) is 73.6 Å². The van der Waals surface area contributed by atoms with Gasteiger partial charge in [0, 0.05) is 0 Å². The van der Waals surface area contributed by atoms with Crippen LogP contribution in [0.15, 0.2) is 0 Å². The minimum atomic E-state index is 1.12. The predicted octanol–water partition coefficient (Wildman–Crippen LogP) is 2.10. The van der Waals surface area contributed by atoms with Gasteiger partial charge in [-0.05, 0) is 318 Å². The maximum Gasteiger partial charge on any atom is -0.000653 e. The summed E-state index contributed by atoms with van der Waals surface area (Å²) < 4.78 is 0. The summed E-state index contributed by atoms with van der Waals surface area (Å²) in [4.78, 5) is 5.54. The molecule has 2 fully saturated rings. The van der Waals surface area contributed by atoms with Gasteiger partial charge in [0.15, 0.2) is 0 Å². The Balaban J connectivity index is 1.75. The second-order valence-corrected chi connectivity index (χ2v) is 18.4. The monoisotopic (exact) mass is 895 g/mol. The maximum atomic E-state index is 3.75. The fourth-order valence-electron chi connectivity index (χ4n) is 8.43. The number of hydrogen-bond donors (Lipinski definition) is 12. The van der Waals surface area contributed by atoms with Gasteiger partial charge in [-0.25, -0.2) is 0 Å². The van der Waals surface area contributed by atoms with Gasteiger partial charge in [0.25, 0.3) is 0 Å². The molecule has 14 heteroatoms. The van der Waals surface area contributed by atoms with E-state index in [4.69, 9.17) is 0 Å². The Morgan fingerprint density at radius 2 is 0.317 bits per heavy atom. The SMILES string of the molecule is C1CCNCCCNCCCN(CCCN2CCCNCCCNCCCCNCCCNCCCCNCCCNCCC2)CCCNCCCNCCCCNCCCNC1. The summed E-state index contributed by atoms with van der Waals surface area (Å²) in [7, 11) is 0. The topological polar surface area (TPSA) is 151 Å². The molecule has 0 spiro atoms. The maximum absolute atomic E-state index is 3.75. The lowest BCUT2D eigenvalue weighted by Crippen LogP contribution is -2.36. The van der Waals surface area contributed by atoms with Crippen LogP contribution in [0.4, 0.5) is 0 Å². The second kappa shape index (κ2) is 50.8. The fourth-order valence-corrected chi connectivity index (χ4v) is 8.43. The molecule has 0 aliphatic carbocycles. The van der Waals surface area contributed by atoms with E-state index in [0.717, 1.165) is 157 Å². The van der Waals surface area contributed by atoms with Crippen molar-refractivity contribution in [1.82, 2.24) is 73.6 Å². The zero-order chi connectivity index (χ0) is 44.3. The molecule has 0 amide bonds. The number of rotatable bonds is 4. The molecule has 0 aromatic carbocycles. The zero-order valence-electron chi connectivity index (χ0n) is 41.5. The molecule has 2 heterocycles. The first-order chi connectivity index (χ1) is 31.4. The molecule has 376 valence electrons. The smallest absolute Gasteiger partial charge is 0.000653 e. The molecule has 0 aromatic heterocycles. The van der Waals surface area contributed by atoms with Crippen LogP contribution < -0.4 is 63.8 Å². The van der Waals surface area contributed by atoms with Crippen LogP contribution in [-0.2, 0) is 0 Å². The predicted molar refractivity (Wildman–Crippen MR) is 275 cm³/mol. The molecule has 2 aliphatic rings. The number of nitrogens with zero attached hydrogens (tertiary/aromatic N) is 2. The van der Waals surface area contributed by atoms with Gasteiger partial charge < -0.3 is 73.6 Å². The van der Waals surface area contributed by atoms with Gasteiger partial charge in [0.1, 0.15) is 0 Å². The standard InChI is InChI=1S/C49H110N14/c1-5-24-54-32-11-36-58-40-15-44-62(45-16-41-59-37-12-33-55-25-6-2-21-51-29-9-28-50-20-1)48-19-49-63-46-17-42-60-38-13-34-56-26-7-3-22-52-30-10-31-53-23-4-8-27-57-35-14-39-61-43-18-47-63/h50-61H,1-49H2. The van der Waals surface area contributed by atoms with Crippen LogP contribution in [0.25, 0.3) is 0 Å². The van der Waals surface area contributed by atoms with Gasteiger partial charge in [-0.1, -0.05) is 0 Å². The van der Waals surface area contributed by atoms with Gasteiger partial charge in [0.05, 0.1) is 0 Å². The highest BCUT2D eigenvalue weighted by molar-refractivity contribution is 4.68. The first-order valence-electron chi connectivity index (χ1n) is 27.4. The van der Waals surface area contributed by atoms with Crippen molar-refractivity contribution in [1.29, 1.82) is 0 Å². The molecular weight excluding hydrogens is 785 g/mol. The van der Waals surface area contributed by atoms with Crippen molar-refractivity contribution >= 4 is 0 Å². The van der Waals surface area contributed by atoms with E-state index in [0.29, 0.717) is 0 Å². The van der Waals surface area contributed by atoms with Gasteiger partial charge in [-0.2, -0.15) is 0 Å². The van der Waals surface area contributed by atoms with Crippen LogP contribution >= 0.6 is 0 Å². The number of hydrogen-bond acceptors (Lipinski definition) is 14. The molecule has 2 aliphatic heterocycles. The Morgan fingerprint density at radius 1 is 0.175 bits per heavy atom. The molecule has 2 saturated heterocycles. The Morgan fingerprint density at radius 3 is 0.492 bits per heavy atom. The van der Waals surface area contributed by atoms with E-state index in [-0.39, 0.29) is 0 Å². The second-order valence-electron chi connectivity index (χ2n) is 18.4. The first kappa shape index (κ1) is 58.6. The van der Waals surface area contributed by atoms with Crippen molar-refractivity contribution in [3.8, 4) is 0 Å². The van der Waals surface area contributed by atoms with E-state index in [1.165, 1.54) is 161 Å². The Labute approximate surface area is 390 Å². The van der Waals surface area contributed by atoms with E-state index >= 15 is 0 Å². The quantitative estimate of drug-likeness (QED) is 0.200. The van der Waals surface area contributed by atoms with Crippen LogP contribution in [0.2, 0.25) is 0 Å². The highest BCUT2D eigenvalue weighted by Crippen LogP contribution is 2.02. The normalized spacial score (nSPS) is 24.4. The molecule has 0 atom stereocenters. The zero-order valence-corrected chi connectivity index (χ0v) is 41.5. The minimum Gasteiger partial charge on any atom is -0.317 e. The molecular formula is C49H110N14. The van der Waals surface area contributed by atoms with Gasteiger partial charge >= 0.3 is 0 Å². The molecule has 0 radical (unpaired) electrons. The van der Waals surface area contributed by atoms with Crippen molar-refractivity contribution in [2.75, 3.05) is 196 Å². The van der Waals surface area contributed by atoms with Crippen molar-refractivity contribution in [2.45, 2.75) is 122 Å². The molecule has 63 heavy (non-hydrogen) atoms. The van der Waals surface area contributed by atoms with Crippen LogP contribution in [0.5, 0.6) is 0 Å². The van der Waals surface area contributed by atoms with E-state index in [1.807, 2.05) is 0 Å². The van der Waals surface area contributed by atoms with Crippen molar-refractivity contribution in [3.63, 3.8) is 0 Å². The lowest BCUT2D eigenvalue weighted by atomic mass is 10.2. The van der Waals surface area contributed by atoms with Crippen LogP contribution in [0.3, 0.4) is 0 Å². The Kier molecular flexibility index (Phi) is 47.3. The third-order valence-corrected chi connectivity index (χ3v) is 12.3. The lowest BCUT2D eigenvalue weighted by Gasteiger charge is -2.26. The minimum absolute atomic E-state index is 1.12. The molecule has 14 nitrogen and oxygen atoms in total. The lowest BCUT2D eigenvalue weighted by molar-refractivity contribution is 0.219. The van der Waals surface area contributed by atoms with Gasteiger partial charge in [0.2, 0.25) is 0 Å². The third-order valence-electron chi connectivity index (χ3n) is 12.3. The average Bonchev–Trinajstić information content (AvgIpc) is 3.29. The van der Waals surface area contributed by atoms with Crippen molar-refractivity contribution in [2.24, 2.45) is 0 Å². The first-order valence-corrected chi connectivity index (χ1v) is 27.4. The van der Waals surface area contributed by atoms with Gasteiger partial charge in [-0.3, -0.25) is 0 Å². The van der Waals surface area contributed by atoms with E-state index in [9.17, 15) is 0 Å². The highest BCUT2D eigenvalue weighted by atomic mass is 15.2. The molecule has 0 aromatic rings. The average molecular weight is 896 g/mol. The van der Waals surface area contributed by atoms with Crippen LogP contribution in [0, 0.1) is 0 Å². The van der Waals surface area contributed by atoms with Gasteiger partial charge in [-0.15, -0.1) is 0 Å². The summed E-state index contributed by atoms with van der Waals surface area (Å²) in [5.41, 5.74) is 0. The van der Waals surface area contributed by atoms with Crippen LogP contribution in [0.1, 0.15) is 122 Å². The Hall–Kier alpha value is -0.560. The third kappa shape index (κ3) is 45.0. The van der Waals surface area contributed by atoms with Crippen molar-refractivity contribution in [3.05, 3.63) is 0 Å². The molecule has 12 N–H and O–H groups in total.